The lowest BCUT2D eigenvalue weighted by Crippen LogP contribution is -2.07. The summed E-state index contributed by atoms with van der Waals surface area (Å²) in [5, 5.41) is 0.558. The second-order valence-corrected chi connectivity index (χ2v) is 9.55. The van der Waals surface area contributed by atoms with E-state index in [9.17, 15) is 8.42 Å². The molecule has 0 radical (unpaired) electrons. The van der Waals surface area contributed by atoms with Gasteiger partial charge in [-0.15, -0.1) is 0 Å². The SMILES string of the molecule is Cc1ccc(S(=O)(=O)c2c(N)n(-c3ccc(Cl)cc3)c3nc4ccccc4nc23)cc1. The van der Waals surface area contributed by atoms with E-state index in [2.05, 4.69) is 4.98 Å². The highest BCUT2D eigenvalue weighted by atomic mass is 35.5. The highest BCUT2D eigenvalue weighted by molar-refractivity contribution is 7.92. The lowest BCUT2D eigenvalue weighted by atomic mass is 10.2. The summed E-state index contributed by atoms with van der Waals surface area (Å²) >= 11 is 6.04. The molecule has 2 heterocycles. The molecule has 2 aromatic heterocycles. The molecule has 2 N–H and O–H groups in total. The van der Waals surface area contributed by atoms with E-state index in [1.165, 1.54) is 0 Å². The van der Waals surface area contributed by atoms with Crippen molar-refractivity contribution < 1.29 is 8.42 Å². The number of nitrogens with zero attached hydrogens (tertiary/aromatic N) is 3. The second kappa shape index (κ2) is 7.08. The minimum atomic E-state index is -3.95. The van der Waals surface area contributed by atoms with Crippen LogP contribution in [0.1, 0.15) is 5.56 Å². The molecule has 5 aromatic rings. The van der Waals surface area contributed by atoms with Gasteiger partial charge in [0.05, 0.1) is 15.9 Å². The fourth-order valence-corrected chi connectivity index (χ4v) is 5.20. The Bertz CT molecular complexity index is 1560. The highest BCUT2D eigenvalue weighted by Gasteiger charge is 2.30. The fourth-order valence-electron chi connectivity index (χ4n) is 3.59. The monoisotopic (exact) mass is 448 g/mol. The molecule has 0 unspecified atom stereocenters. The topological polar surface area (TPSA) is 90.9 Å². The Morgan fingerprint density at radius 2 is 1.48 bits per heavy atom. The number of hydrogen-bond donors (Lipinski definition) is 1. The van der Waals surface area contributed by atoms with Crippen molar-refractivity contribution in [2.24, 2.45) is 0 Å². The van der Waals surface area contributed by atoms with Crippen LogP contribution in [-0.2, 0) is 9.84 Å². The molecule has 31 heavy (non-hydrogen) atoms. The minimum absolute atomic E-state index is 0.0493. The van der Waals surface area contributed by atoms with Gasteiger partial charge in [0, 0.05) is 10.7 Å². The maximum absolute atomic E-state index is 13.6. The zero-order chi connectivity index (χ0) is 21.8. The summed E-state index contributed by atoms with van der Waals surface area (Å²) < 4.78 is 28.9. The molecule has 0 saturated carbocycles. The standard InChI is InChI=1S/C23H17ClN4O2S/c1-14-6-12-17(13-7-14)31(29,30)21-20-23(27-19-5-3-2-4-18(19)26-20)28(22(21)25)16-10-8-15(24)9-11-16/h2-13H,25H2,1H3. The first-order valence-electron chi connectivity index (χ1n) is 9.50. The van der Waals surface area contributed by atoms with Crippen molar-refractivity contribution in [3.05, 3.63) is 83.4 Å². The van der Waals surface area contributed by atoms with Gasteiger partial charge in [-0.3, -0.25) is 4.57 Å². The Morgan fingerprint density at radius 1 is 0.871 bits per heavy atom. The first-order chi connectivity index (χ1) is 14.9. The Kier molecular flexibility index (Phi) is 4.46. The van der Waals surface area contributed by atoms with Crippen LogP contribution in [0.25, 0.3) is 27.9 Å². The Morgan fingerprint density at radius 3 is 2.13 bits per heavy atom. The summed E-state index contributed by atoms with van der Waals surface area (Å²) in [6.45, 7) is 1.90. The van der Waals surface area contributed by atoms with Crippen LogP contribution in [-0.4, -0.2) is 23.0 Å². The molecular weight excluding hydrogens is 432 g/mol. The minimum Gasteiger partial charge on any atom is -0.384 e. The number of hydrogen-bond acceptors (Lipinski definition) is 5. The van der Waals surface area contributed by atoms with Crippen LogP contribution in [0, 0.1) is 6.92 Å². The molecule has 3 aromatic carbocycles. The Hall–Kier alpha value is -3.42. The molecule has 0 amide bonds. The summed E-state index contributed by atoms with van der Waals surface area (Å²) in [5.41, 5.74) is 9.89. The molecule has 154 valence electrons. The van der Waals surface area contributed by atoms with Gasteiger partial charge < -0.3 is 5.73 Å². The van der Waals surface area contributed by atoms with Crippen molar-refractivity contribution in [3.8, 4) is 5.69 Å². The molecule has 0 aliphatic carbocycles. The van der Waals surface area contributed by atoms with Crippen LogP contribution in [0.5, 0.6) is 0 Å². The van der Waals surface area contributed by atoms with Gasteiger partial charge in [-0.25, -0.2) is 18.4 Å². The number of benzene rings is 3. The molecule has 5 rings (SSSR count). The molecule has 0 atom stereocenters. The lowest BCUT2D eigenvalue weighted by molar-refractivity contribution is 0.597. The van der Waals surface area contributed by atoms with Crippen LogP contribution < -0.4 is 5.73 Å². The van der Waals surface area contributed by atoms with E-state index in [1.54, 1.807) is 59.2 Å². The predicted molar refractivity (Wildman–Crippen MR) is 122 cm³/mol. The van der Waals surface area contributed by atoms with Crippen molar-refractivity contribution >= 4 is 49.5 Å². The van der Waals surface area contributed by atoms with E-state index in [-0.39, 0.29) is 21.1 Å². The summed E-state index contributed by atoms with van der Waals surface area (Å²) in [4.78, 5) is 9.44. The number of rotatable bonds is 3. The smallest absolute Gasteiger partial charge is 0.212 e. The zero-order valence-corrected chi connectivity index (χ0v) is 18.0. The van der Waals surface area contributed by atoms with Crippen LogP contribution in [0.2, 0.25) is 5.02 Å². The molecule has 0 aliphatic rings. The number of nitrogens with two attached hydrogens (primary N) is 1. The molecule has 0 aliphatic heterocycles. The maximum Gasteiger partial charge on any atom is 0.212 e. The first-order valence-corrected chi connectivity index (χ1v) is 11.4. The van der Waals surface area contributed by atoms with Crippen molar-refractivity contribution in [2.45, 2.75) is 16.7 Å². The lowest BCUT2D eigenvalue weighted by Gasteiger charge is -2.08. The van der Waals surface area contributed by atoms with Gasteiger partial charge in [0.25, 0.3) is 0 Å². The van der Waals surface area contributed by atoms with E-state index in [1.807, 2.05) is 25.1 Å². The number of fused-ring (bicyclic) bond motifs is 2. The van der Waals surface area contributed by atoms with Crippen LogP contribution in [0.3, 0.4) is 0 Å². The van der Waals surface area contributed by atoms with E-state index in [4.69, 9.17) is 22.3 Å². The van der Waals surface area contributed by atoms with E-state index in [0.717, 1.165) is 5.56 Å². The van der Waals surface area contributed by atoms with E-state index >= 15 is 0 Å². The van der Waals surface area contributed by atoms with Gasteiger partial charge in [0.15, 0.2) is 5.65 Å². The van der Waals surface area contributed by atoms with Gasteiger partial charge in [-0.2, -0.15) is 0 Å². The second-order valence-electron chi connectivity index (χ2n) is 7.23. The normalized spacial score (nSPS) is 11.9. The quantitative estimate of drug-likeness (QED) is 0.421. The van der Waals surface area contributed by atoms with Crippen LogP contribution >= 0.6 is 11.6 Å². The molecular formula is C23H17ClN4O2S. The van der Waals surface area contributed by atoms with Crippen LogP contribution in [0.15, 0.2) is 82.6 Å². The van der Waals surface area contributed by atoms with E-state index < -0.39 is 9.84 Å². The zero-order valence-electron chi connectivity index (χ0n) is 16.4. The average molecular weight is 449 g/mol. The molecule has 6 nitrogen and oxygen atoms in total. The number of para-hydroxylation sites is 2. The first kappa shape index (κ1) is 19.5. The molecule has 0 bridgehead atoms. The number of halogens is 1. The predicted octanol–water partition coefficient (Wildman–Crippen LogP) is 4.95. The third-order valence-corrected chi connectivity index (χ3v) is 7.22. The summed E-state index contributed by atoms with van der Waals surface area (Å²) in [7, 11) is -3.95. The molecule has 0 spiro atoms. The summed E-state index contributed by atoms with van der Waals surface area (Å²) in [6.07, 6.45) is 0. The van der Waals surface area contributed by atoms with Crippen molar-refractivity contribution in [3.63, 3.8) is 0 Å². The summed E-state index contributed by atoms with van der Waals surface area (Å²) in [6, 6.07) is 20.9. The van der Waals surface area contributed by atoms with Gasteiger partial charge in [0.2, 0.25) is 9.84 Å². The average Bonchev–Trinajstić information content (AvgIpc) is 3.04. The van der Waals surface area contributed by atoms with Crippen LogP contribution in [0.4, 0.5) is 5.82 Å². The maximum atomic E-state index is 13.6. The third-order valence-electron chi connectivity index (χ3n) is 5.14. The molecule has 8 heteroatoms. The summed E-state index contributed by atoms with van der Waals surface area (Å²) in [5.74, 6) is 0.0493. The Labute approximate surface area is 183 Å². The largest absolute Gasteiger partial charge is 0.384 e. The van der Waals surface area contributed by atoms with Crippen molar-refractivity contribution in [1.82, 2.24) is 14.5 Å². The number of aromatic nitrogens is 3. The molecule has 0 fully saturated rings. The molecule has 0 saturated heterocycles. The van der Waals surface area contributed by atoms with Gasteiger partial charge in [-0.05, 0) is 55.5 Å². The third kappa shape index (κ3) is 3.13. The fraction of sp³-hybridized carbons (Fsp3) is 0.0435. The Balaban J connectivity index is 1.90. The van der Waals surface area contributed by atoms with Gasteiger partial charge in [-0.1, -0.05) is 41.4 Å². The highest BCUT2D eigenvalue weighted by Crippen LogP contribution is 2.37. The number of aryl methyl sites for hydroxylation is 1. The van der Waals surface area contributed by atoms with Crippen molar-refractivity contribution in [2.75, 3.05) is 5.73 Å². The number of nitrogen functional groups attached to an aromatic ring is 1. The van der Waals surface area contributed by atoms with Crippen molar-refractivity contribution in [1.29, 1.82) is 0 Å². The van der Waals surface area contributed by atoms with Gasteiger partial charge >= 0.3 is 0 Å². The number of sulfone groups is 1. The van der Waals surface area contributed by atoms with Gasteiger partial charge in [0.1, 0.15) is 16.2 Å². The number of anilines is 1. The van der Waals surface area contributed by atoms with E-state index in [0.29, 0.717) is 27.4 Å².